The molecule has 1 unspecified atom stereocenters. The highest BCUT2D eigenvalue weighted by Gasteiger charge is 2.13. The molecule has 2 rings (SSSR count). The zero-order chi connectivity index (χ0) is 15.4. The average molecular weight is 419 g/mol. The fraction of sp³-hybridized carbons (Fsp3) is 0.438. The highest BCUT2D eigenvalue weighted by Crippen LogP contribution is 2.34. The number of hydrogen-bond donors (Lipinski definition) is 1. The Kier molecular flexibility index (Phi) is 6.08. The van der Waals surface area contributed by atoms with E-state index in [0.717, 1.165) is 26.8 Å². The van der Waals surface area contributed by atoms with Gasteiger partial charge >= 0.3 is 0 Å². The Balaban J connectivity index is 2.15. The van der Waals surface area contributed by atoms with Crippen molar-refractivity contribution in [1.82, 2.24) is 10.3 Å². The molecule has 2 aromatic rings. The highest BCUT2D eigenvalue weighted by atomic mass is 127. The van der Waals surface area contributed by atoms with E-state index in [1.54, 1.807) is 6.20 Å². The van der Waals surface area contributed by atoms with E-state index < -0.39 is 0 Å². The van der Waals surface area contributed by atoms with Crippen LogP contribution >= 0.6 is 34.2 Å². The average Bonchev–Trinajstić information content (AvgIpc) is 2.45. The van der Waals surface area contributed by atoms with Crippen molar-refractivity contribution in [2.75, 3.05) is 13.2 Å². The Morgan fingerprint density at radius 1 is 1.38 bits per heavy atom. The molecule has 1 atom stereocenters. The van der Waals surface area contributed by atoms with Gasteiger partial charge in [-0.2, -0.15) is 0 Å². The molecule has 114 valence electrons. The molecule has 0 spiro atoms. The van der Waals surface area contributed by atoms with Gasteiger partial charge in [0.15, 0.2) is 5.75 Å². The van der Waals surface area contributed by atoms with Gasteiger partial charge in [-0.1, -0.05) is 32.4 Å². The zero-order valence-electron chi connectivity index (χ0n) is 12.5. The van der Waals surface area contributed by atoms with Crippen molar-refractivity contribution in [3.8, 4) is 5.75 Å². The number of fused-ring (bicyclic) bond motifs is 1. The number of rotatable bonds is 6. The SMILES string of the molecule is CC(CNC(C)C)COc1c(I)cc(Cl)c2cccnc12. The number of ether oxygens (including phenoxy) is 1. The lowest BCUT2D eigenvalue weighted by molar-refractivity contribution is 0.254. The number of pyridine rings is 1. The van der Waals surface area contributed by atoms with E-state index in [1.165, 1.54) is 0 Å². The third-order valence-corrected chi connectivity index (χ3v) is 4.25. The Hall–Kier alpha value is -0.590. The zero-order valence-corrected chi connectivity index (χ0v) is 15.4. The number of nitrogens with one attached hydrogen (secondary N) is 1. The molecule has 21 heavy (non-hydrogen) atoms. The lowest BCUT2D eigenvalue weighted by Gasteiger charge is -2.17. The normalized spacial score (nSPS) is 12.9. The third kappa shape index (κ3) is 4.44. The van der Waals surface area contributed by atoms with Crippen molar-refractivity contribution in [3.05, 3.63) is 33.0 Å². The minimum atomic E-state index is 0.428. The molecule has 1 aromatic carbocycles. The molecule has 0 saturated carbocycles. The lowest BCUT2D eigenvalue weighted by Crippen LogP contribution is -2.30. The van der Waals surface area contributed by atoms with Gasteiger partial charge in [0.1, 0.15) is 5.52 Å². The predicted molar refractivity (Wildman–Crippen MR) is 97.3 cm³/mol. The van der Waals surface area contributed by atoms with Gasteiger partial charge in [0, 0.05) is 30.1 Å². The van der Waals surface area contributed by atoms with Gasteiger partial charge in [0.05, 0.1) is 15.2 Å². The molecule has 1 heterocycles. The van der Waals surface area contributed by atoms with Crippen LogP contribution in [0.2, 0.25) is 5.02 Å². The number of halogens is 2. The Morgan fingerprint density at radius 3 is 2.86 bits per heavy atom. The standard InChI is InChI=1S/C16H20ClIN2O/c1-10(2)20-8-11(3)9-21-16-14(18)7-13(17)12-5-4-6-19-15(12)16/h4-7,10-11,20H,8-9H2,1-3H3. The van der Waals surface area contributed by atoms with Crippen LogP contribution in [0, 0.1) is 9.49 Å². The van der Waals surface area contributed by atoms with Crippen LogP contribution in [0.4, 0.5) is 0 Å². The van der Waals surface area contributed by atoms with Gasteiger partial charge in [0.25, 0.3) is 0 Å². The highest BCUT2D eigenvalue weighted by molar-refractivity contribution is 14.1. The van der Waals surface area contributed by atoms with Crippen LogP contribution in [-0.2, 0) is 0 Å². The minimum Gasteiger partial charge on any atom is -0.490 e. The molecule has 0 saturated heterocycles. The van der Waals surface area contributed by atoms with Gasteiger partial charge < -0.3 is 10.1 Å². The maximum absolute atomic E-state index is 6.27. The summed E-state index contributed by atoms with van der Waals surface area (Å²) in [4.78, 5) is 4.43. The Morgan fingerprint density at radius 2 is 2.14 bits per heavy atom. The van der Waals surface area contributed by atoms with Gasteiger partial charge in [-0.3, -0.25) is 4.98 Å². The van der Waals surface area contributed by atoms with Crippen LogP contribution in [0.25, 0.3) is 10.9 Å². The molecular weight excluding hydrogens is 399 g/mol. The summed E-state index contributed by atoms with van der Waals surface area (Å²) in [6.45, 7) is 8.06. The largest absolute Gasteiger partial charge is 0.490 e. The summed E-state index contributed by atoms with van der Waals surface area (Å²) in [6.07, 6.45) is 1.77. The summed E-state index contributed by atoms with van der Waals surface area (Å²) < 4.78 is 7.02. The molecule has 0 fully saturated rings. The minimum absolute atomic E-state index is 0.428. The number of hydrogen-bond acceptors (Lipinski definition) is 3. The maximum Gasteiger partial charge on any atom is 0.158 e. The van der Waals surface area contributed by atoms with Crippen LogP contribution in [0.3, 0.4) is 0 Å². The molecule has 1 N–H and O–H groups in total. The second-order valence-corrected chi connectivity index (χ2v) is 7.12. The Labute approximate surface area is 144 Å². The first-order valence-electron chi connectivity index (χ1n) is 7.08. The van der Waals surface area contributed by atoms with Crippen molar-refractivity contribution >= 4 is 45.1 Å². The lowest BCUT2D eigenvalue weighted by atomic mass is 10.2. The monoisotopic (exact) mass is 418 g/mol. The van der Waals surface area contributed by atoms with E-state index in [-0.39, 0.29) is 0 Å². The summed E-state index contributed by atoms with van der Waals surface area (Å²) in [6, 6.07) is 6.28. The van der Waals surface area contributed by atoms with E-state index in [1.807, 2.05) is 18.2 Å². The topological polar surface area (TPSA) is 34.1 Å². The van der Waals surface area contributed by atoms with Crippen LogP contribution in [0.1, 0.15) is 20.8 Å². The fourth-order valence-corrected chi connectivity index (χ4v) is 3.17. The number of nitrogens with zero attached hydrogens (tertiary/aromatic N) is 1. The molecule has 0 aliphatic carbocycles. The van der Waals surface area contributed by atoms with Gasteiger partial charge in [-0.25, -0.2) is 0 Å². The summed E-state index contributed by atoms with van der Waals surface area (Å²) in [5.74, 6) is 1.25. The summed E-state index contributed by atoms with van der Waals surface area (Å²) in [7, 11) is 0. The van der Waals surface area contributed by atoms with Crippen LogP contribution in [-0.4, -0.2) is 24.2 Å². The van der Waals surface area contributed by atoms with E-state index >= 15 is 0 Å². The molecule has 5 heteroatoms. The van der Waals surface area contributed by atoms with Gasteiger partial charge in [-0.15, -0.1) is 0 Å². The third-order valence-electron chi connectivity index (χ3n) is 3.14. The van der Waals surface area contributed by atoms with Crippen molar-refractivity contribution < 1.29 is 4.74 Å². The van der Waals surface area contributed by atoms with Crippen LogP contribution in [0.5, 0.6) is 5.75 Å². The first-order chi connectivity index (χ1) is 9.99. The van der Waals surface area contributed by atoms with E-state index in [2.05, 4.69) is 53.7 Å². The maximum atomic E-state index is 6.27. The van der Waals surface area contributed by atoms with Crippen LogP contribution < -0.4 is 10.1 Å². The second kappa shape index (κ2) is 7.61. The first kappa shape index (κ1) is 16.8. The molecule has 0 amide bonds. The molecular formula is C16H20ClIN2O. The molecule has 0 aliphatic rings. The van der Waals surface area contributed by atoms with E-state index in [4.69, 9.17) is 16.3 Å². The quantitative estimate of drug-likeness (QED) is 0.701. The van der Waals surface area contributed by atoms with Gasteiger partial charge in [0.2, 0.25) is 0 Å². The predicted octanol–water partition coefficient (Wildman–Crippen LogP) is 4.51. The van der Waals surface area contributed by atoms with E-state index in [9.17, 15) is 0 Å². The van der Waals surface area contributed by atoms with Crippen molar-refractivity contribution in [1.29, 1.82) is 0 Å². The number of aromatic nitrogens is 1. The van der Waals surface area contributed by atoms with Crippen LogP contribution in [0.15, 0.2) is 24.4 Å². The smallest absolute Gasteiger partial charge is 0.158 e. The summed E-state index contributed by atoms with van der Waals surface area (Å²) in [5, 5.41) is 5.07. The fourth-order valence-electron chi connectivity index (χ4n) is 2.01. The van der Waals surface area contributed by atoms with Gasteiger partial charge in [-0.05, 0) is 40.8 Å². The molecule has 0 radical (unpaired) electrons. The first-order valence-corrected chi connectivity index (χ1v) is 8.53. The van der Waals surface area contributed by atoms with Crippen molar-refractivity contribution in [3.63, 3.8) is 0 Å². The molecule has 0 aliphatic heterocycles. The van der Waals surface area contributed by atoms with Crippen molar-refractivity contribution in [2.24, 2.45) is 5.92 Å². The van der Waals surface area contributed by atoms with E-state index in [0.29, 0.717) is 23.6 Å². The second-order valence-electron chi connectivity index (χ2n) is 5.55. The number of benzene rings is 1. The summed E-state index contributed by atoms with van der Waals surface area (Å²) >= 11 is 8.52. The molecule has 3 nitrogen and oxygen atoms in total. The Bertz CT molecular complexity index is 618. The summed E-state index contributed by atoms with van der Waals surface area (Å²) in [5.41, 5.74) is 0.832. The molecule has 1 aromatic heterocycles. The van der Waals surface area contributed by atoms with Crippen molar-refractivity contribution in [2.45, 2.75) is 26.8 Å². The molecule has 0 bridgehead atoms.